The van der Waals surface area contributed by atoms with Gasteiger partial charge in [-0.1, -0.05) is 35.4 Å². The Labute approximate surface area is 197 Å². The van der Waals surface area contributed by atoms with Crippen LogP contribution >= 0.6 is 0 Å². The number of hydrogen-bond donors (Lipinski definition) is 0. The van der Waals surface area contributed by atoms with E-state index in [-0.39, 0.29) is 11.4 Å². The zero-order valence-electron chi connectivity index (χ0n) is 19.0. The van der Waals surface area contributed by atoms with Gasteiger partial charge in [0.25, 0.3) is 0 Å². The molecule has 2 aromatic rings. The van der Waals surface area contributed by atoms with Crippen molar-refractivity contribution in [1.82, 2.24) is 0 Å². The SMILES string of the molecule is COCO[C@@H]1N(c2ccc(C)cc2)N=C(C(F)(F)F)[C@]12CC(C(F)(F)F)=NN2c1ccc(C)cc1. The standard InChI is InChI=1S/C23H22F6N4O2/c1-14-4-8-16(9-5-14)32-20(35-13-34-3)21(19(31-32)23(27,28)29)12-18(22(24,25)26)30-33(21)17-10-6-15(2)7-11-17/h4-11,20H,12-13H2,1-3H3/t20-,21+/m0/s1. The number of hydrogen-bond acceptors (Lipinski definition) is 6. The lowest BCUT2D eigenvalue weighted by atomic mass is 9.85. The normalized spacial score (nSPS) is 22.7. The fourth-order valence-corrected chi connectivity index (χ4v) is 4.18. The topological polar surface area (TPSA) is 49.7 Å². The maximum atomic E-state index is 14.5. The molecule has 0 bridgehead atoms. The van der Waals surface area contributed by atoms with Crippen molar-refractivity contribution in [3.63, 3.8) is 0 Å². The van der Waals surface area contributed by atoms with Crippen molar-refractivity contribution in [3.05, 3.63) is 59.7 Å². The van der Waals surface area contributed by atoms with Gasteiger partial charge in [0.15, 0.2) is 17.5 Å². The Morgan fingerprint density at radius 2 is 1.40 bits per heavy atom. The first kappa shape index (κ1) is 25.0. The molecule has 188 valence electrons. The number of anilines is 2. The van der Waals surface area contributed by atoms with Gasteiger partial charge in [0.05, 0.1) is 11.4 Å². The van der Waals surface area contributed by atoms with Crippen molar-refractivity contribution >= 4 is 22.8 Å². The molecule has 0 N–H and O–H groups in total. The lowest BCUT2D eigenvalue weighted by Gasteiger charge is -2.41. The lowest BCUT2D eigenvalue weighted by molar-refractivity contribution is -0.0937. The third kappa shape index (κ3) is 4.47. The molecule has 12 heteroatoms. The molecule has 6 nitrogen and oxygen atoms in total. The van der Waals surface area contributed by atoms with Gasteiger partial charge in [0, 0.05) is 13.5 Å². The van der Waals surface area contributed by atoms with E-state index in [1.807, 2.05) is 0 Å². The molecule has 0 fully saturated rings. The van der Waals surface area contributed by atoms with Gasteiger partial charge in [0.1, 0.15) is 12.5 Å². The third-order valence-electron chi connectivity index (χ3n) is 5.80. The number of methoxy groups -OCH3 is 1. The van der Waals surface area contributed by atoms with Gasteiger partial charge in [-0.25, -0.2) is 10.0 Å². The second-order valence-corrected chi connectivity index (χ2v) is 8.34. The summed E-state index contributed by atoms with van der Waals surface area (Å²) in [5.41, 5.74) is -3.44. The van der Waals surface area contributed by atoms with E-state index in [2.05, 4.69) is 10.2 Å². The lowest BCUT2D eigenvalue weighted by Crippen LogP contribution is -2.63. The number of aryl methyl sites for hydroxylation is 2. The smallest absolute Gasteiger partial charge is 0.359 e. The maximum absolute atomic E-state index is 14.5. The molecule has 4 rings (SSSR count). The van der Waals surface area contributed by atoms with Crippen LogP contribution in [0.15, 0.2) is 58.7 Å². The van der Waals surface area contributed by atoms with E-state index in [1.54, 1.807) is 38.1 Å². The zero-order valence-corrected chi connectivity index (χ0v) is 19.0. The van der Waals surface area contributed by atoms with E-state index in [4.69, 9.17) is 9.47 Å². The number of benzene rings is 2. The molecular formula is C23H22F6N4O2. The number of ether oxygens (including phenoxy) is 2. The largest absolute Gasteiger partial charge is 0.433 e. The van der Waals surface area contributed by atoms with Gasteiger partial charge in [-0.3, -0.25) is 0 Å². The highest BCUT2D eigenvalue weighted by molar-refractivity contribution is 6.11. The molecule has 0 aromatic heterocycles. The van der Waals surface area contributed by atoms with Crippen molar-refractivity contribution in [2.45, 2.75) is 44.4 Å². The van der Waals surface area contributed by atoms with E-state index >= 15 is 0 Å². The minimum atomic E-state index is -5.09. The van der Waals surface area contributed by atoms with Crippen molar-refractivity contribution in [3.8, 4) is 0 Å². The first-order valence-electron chi connectivity index (χ1n) is 10.5. The van der Waals surface area contributed by atoms with E-state index in [0.29, 0.717) is 0 Å². The summed E-state index contributed by atoms with van der Waals surface area (Å²) < 4.78 is 95.6. The Balaban J connectivity index is 1.95. The second-order valence-electron chi connectivity index (χ2n) is 8.34. The van der Waals surface area contributed by atoms with Crippen molar-refractivity contribution in [1.29, 1.82) is 0 Å². The van der Waals surface area contributed by atoms with Gasteiger partial charge < -0.3 is 9.47 Å². The zero-order chi connectivity index (χ0) is 25.6. The molecule has 0 amide bonds. The quantitative estimate of drug-likeness (QED) is 0.399. The molecule has 0 saturated heterocycles. The van der Waals surface area contributed by atoms with Crippen LogP contribution in [0.2, 0.25) is 0 Å². The number of rotatable bonds is 5. The molecule has 0 aliphatic carbocycles. The van der Waals surface area contributed by atoms with Gasteiger partial charge >= 0.3 is 12.4 Å². The molecule has 0 unspecified atom stereocenters. The molecular weight excluding hydrogens is 478 g/mol. The predicted molar refractivity (Wildman–Crippen MR) is 118 cm³/mol. The molecule has 2 aromatic carbocycles. The summed E-state index contributed by atoms with van der Waals surface area (Å²) in [6, 6.07) is 12.3. The summed E-state index contributed by atoms with van der Waals surface area (Å²) in [7, 11) is 1.26. The molecule has 0 saturated carbocycles. The predicted octanol–water partition coefficient (Wildman–Crippen LogP) is 5.56. The van der Waals surface area contributed by atoms with Crippen LogP contribution < -0.4 is 10.0 Å². The summed E-state index contributed by atoms with van der Waals surface area (Å²) >= 11 is 0. The van der Waals surface area contributed by atoms with E-state index in [1.165, 1.54) is 31.4 Å². The van der Waals surface area contributed by atoms with E-state index in [9.17, 15) is 26.3 Å². The summed E-state index contributed by atoms with van der Waals surface area (Å²) in [5.74, 6) is 0. The highest BCUT2D eigenvalue weighted by Gasteiger charge is 2.69. The monoisotopic (exact) mass is 500 g/mol. The molecule has 1 spiro atoms. The minimum absolute atomic E-state index is 0.0311. The first-order chi connectivity index (χ1) is 16.4. The first-order valence-corrected chi connectivity index (χ1v) is 10.5. The summed E-state index contributed by atoms with van der Waals surface area (Å²) in [6.45, 7) is 3.05. The van der Waals surface area contributed by atoms with Crippen LogP contribution in [0.4, 0.5) is 37.7 Å². The molecule has 0 radical (unpaired) electrons. The number of nitrogens with zero attached hydrogens (tertiary/aromatic N) is 4. The van der Waals surface area contributed by atoms with E-state index in [0.717, 1.165) is 21.1 Å². The summed E-state index contributed by atoms with van der Waals surface area (Å²) in [4.78, 5) is 0. The molecule has 2 aliphatic heterocycles. The van der Waals surface area contributed by atoms with E-state index < -0.39 is 48.8 Å². The van der Waals surface area contributed by atoms with Crippen LogP contribution in [-0.4, -0.2) is 49.4 Å². The molecule has 35 heavy (non-hydrogen) atoms. The van der Waals surface area contributed by atoms with Gasteiger partial charge in [-0.2, -0.15) is 36.5 Å². The summed E-state index contributed by atoms with van der Waals surface area (Å²) in [6.07, 6.45) is -12.8. The van der Waals surface area contributed by atoms with Crippen LogP contribution in [0.25, 0.3) is 0 Å². The van der Waals surface area contributed by atoms with Crippen molar-refractivity contribution in [2.24, 2.45) is 10.2 Å². The highest BCUT2D eigenvalue weighted by Crippen LogP contribution is 2.49. The van der Waals surface area contributed by atoms with Crippen LogP contribution in [0.3, 0.4) is 0 Å². The Hall–Kier alpha value is -3.12. The van der Waals surface area contributed by atoms with Crippen LogP contribution in [-0.2, 0) is 9.47 Å². The summed E-state index contributed by atoms with van der Waals surface area (Å²) in [5, 5.41) is 9.13. The fraction of sp³-hybridized carbons (Fsp3) is 0.391. The van der Waals surface area contributed by atoms with Gasteiger partial charge in [-0.05, 0) is 38.1 Å². The van der Waals surface area contributed by atoms with Crippen LogP contribution in [0.5, 0.6) is 0 Å². The minimum Gasteiger partial charge on any atom is -0.359 e. The van der Waals surface area contributed by atoms with Crippen molar-refractivity contribution < 1.29 is 35.8 Å². The van der Waals surface area contributed by atoms with Gasteiger partial charge in [-0.15, -0.1) is 0 Å². The molecule has 2 aliphatic rings. The highest BCUT2D eigenvalue weighted by atomic mass is 19.4. The maximum Gasteiger partial charge on any atom is 0.433 e. The average molecular weight is 500 g/mol. The third-order valence-corrected chi connectivity index (χ3v) is 5.80. The average Bonchev–Trinajstić information content (AvgIpc) is 3.33. The Bertz CT molecular complexity index is 1130. The van der Waals surface area contributed by atoms with Crippen LogP contribution in [0.1, 0.15) is 17.5 Å². The molecule has 2 heterocycles. The second kappa shape index (κ2) is 8.83. The Morgan fingerprint density at radius 1 is 0.857 bits per heavy atom. The van der Waals surface area contributed by atoms with Crippen LogP contribution in [0, 0.1) is 13.8 Å². The number of hydrazone groups is 2. The Morgan fingerprint density at radius 3 is 1.89 bits per heavy atom. The number of halogens is 6. The fourth-order valence-electron chi connectivity index (χ4n) is 4.18. The Kier molecular flexibility index (Phi) is 6.30. The molecule has 2 atom stereocenters. The van der Waals surface area contributed by atoms with Crippen molar-refractivity contribution in [2.75, 3.05) is 23.9 Å². The number of alkyl halides is 6. The van der Waals surface area contributed by atoms with Gasteiger partial charge in [0.2, 0.25) is 0 Å².